The van der Waals surface area contributed by atoms with Gasteiger partial charge in [0.05, 0.1) is 15.5 Å². The number of nitrogens with one attached hydrogen (secondary N) is 1. The van der Waals surface area contributed by atoms with Crippen LogP contribution in [0.5, 0.6) is 0 Å². The summed E-state index contributed by atoms with van der Waals surface area (Å²) in [6.45, 7) is 0.552. The van der Waals surface area contributed by atoms with Gasteiger partial charge < -0.3 is 5.32 Å². The van der Waals surface area contributed by atoms with Crippen molar-refractivity contribution in [3.05, 3.63) is 64.6 Å². The number of benzene rings is 2. The van der Waals surface area contributed by atoms with Gasteiger partial charge in [-0.1, -0.05) is 6.07 Å². The molecule has 0 saturated heterocycles. The van der Waals surface area contributed by atoms with E-state index in [1.165, 1.54) is 6.07 Å². The Balaban J connectivity index is 1.77. The molecule has 0 fully saturated rings. The minimum absolute atomic E-state index is 0.256. The lowest BCUT2D eigenvalue weighted by Crippen LogP contribution is -2.00. The van der Waals surface area contributed by atoms with Crippen LogP contribution in [0, 0.1) is 5.82 Å². The Kier molecular flexibility index (Phi) is 3.60. The zero-order chi connectivity index (χ0) is 13.9. The highest BCUT2D eigenvalue weighted by Gasteiger charge is 2.02. The first-order chi connectivity index (χ1) is 9.72. The third-order valence-corrected chi connectivity index (χ3v) is 3.59. The van der Waals surface area contributed by atoms with Crippen molar-refractivity contribution >= 4 is 32.7 Å². The number of fused-ring (bicyclic) bond motifs is 1. The molecule has 0 bridgehead atoms. The normalized spacial score (nSPS) is 10.7. The van der Waals surface area contributed by atoms with Crippen molar-refractivity contribution in [2.24, 2.45) is 0 Å². The molecule has 1 aromatic heterocycles. The molecule has 1 N–H and O–H groups in total. The van der Waals surface area contributed by atoms with Crippen molar-refractivity contribution < 1.29 is 4.39 Å². The first kappa shape index (κ1) is 13.0. The van der Waals surface area contributed by atoms with E-state index in [1.54, 1.807) is 18.5 Å². The Bertz CT molecular complexity index is 761. The highest BCUT2D eigenvalue weighted by atomic mass is 79.9. The van der Waals surface area contributed by atoms with Gasteiger partial charge in [0.25, 0.3) is 0 Å². The molecule has 0 amide bonds. The van der Waals surface area contributed by atoms with Crippen LogP contribution in [0.25, 0.3) is 11.0 Å². The molecule has 3 rings (SSSR count). The summed E-state index contributed by atoms with van der Waals surface area (Å²) >= 11 is 3.14. The van der Waals surface area contributed by atoms with E-state index < -0.39 is 0 Å². The topological polar surface area (TPSA) is 37.8 Å². The van der Waals surface area contributed by atoms with Gasteiger partial charge in [-0.25, -0.2) is 4.39 Å². The SMILES string of the molecule is Fc1cc(CNc2ccc3nccnc3c2)ccc1Br. The van der Waals surface area contributed by atoms with Crippen LogP contribution in [0.1, 0.15) is 5.56 Å². The van der Waals surface area contributed by atoms with Crippen molar-refractivity contribution in [1.82, 2.24) is 9.97 Å². The summed E-state index contributed by atoms with van der Waals surface area (Å²) in [5.74, 6) is -0.256. The Labute approximate surface area is 124 Å². The van der Waals surface area contributed by atoms with Crippen LogP contribution >= 0.6 is 15.9 Å². The zero-order valence-corrected chi connectivity index (χ0v) is 12.1. The average Bonchev–Trinajstić information content (AvgIpc) is 2.48. The summed E-state index contributed by atoms with van der Waals surface area (Å²) in [5.41, 5.74) is 3.50. The molecule has 0 aliphatic heterocycles. The monoisotopic (exact) mass is 331 g/mol. The van der Waals surface area contributed by atoms with Gasteiger partial charge >= 0.3 is 0 Å². The van der Waals surface area contributed by atoms with Crippen LogP contribution in [0.4, 0.5) is 10.1 Å². The molecule has 0 aliphatic carbocycles. The van der Waals surface area contributed by atoms with Crippen molar-refractivity contribution in [3.8, 4) is 0 Å². The predicted molar refractivity (Wildman–Crippen MR) is 81.0 cm³/mol. The molecule has 0 radical (unpaired) electrons. The first-order valence-corrected chi connectivity index (χ1v) is 6.90. The Morgan fingerprint density at radius 2 is 1.80 bits per heavy atom. The number of hydrogen-bond donors (Lipinski definition) is 1. The summed E-state index contributed by atoms with van der Waals surface area (Å²) in [4.78, 5) is 8.47. The molecular weight excluding hydrogens is 321 g/mol. The first-order valence-electron chi connectivity index (χ1n) is 6.11. The lowest BCUT2D eigenvalue weighted by Gasteiger charge is -2.08. The summed E-state index contributed by atoms with van der Waals surface area (Å²) < 4.78 is 13.9. The summed E-state index contributed by atoms with van der Waals surface area (Å²) in [6.07, 6.45) is 3.33. The van der Waals surface area contributed by atoms with Crippen molar-refractivity contribution in [2.45, 2.75) is 6.54 Å². The van der Waals surface area contributed by atoms with Crippen LogP contribution in [-0.4, -0.2) is 9.97 Å². The van der Waals surface area contributed by atoms with Crippen LogP contribution < -0.4 is 5.32 Å². The third kappa shape index (κ3) is 2.77. The highest BCUT2D eigenvalue weighted by molar-refractivity contribution is 9.10. The van der Waals surface area contributed by atoms with E-state index >= 15 is 0 Å². The zero-order valence-electron chi connectivity index (χ0n) is 10.5. The van der Waals surface area contributed by atoms with E-state index in [9.17, 15) is 4.39 Å². The molecule has 100 valence electrons. The molecule has 0 saturated carbocycles. The number of rotatable bonds is 3. The third-order valence-electron chi connectivity index (χ3n) is 2.95. The Morgan fingerprint density at radius 1 is 1.00 bits per heavy atom. The second-order valence-electron chi connectivity index (χ2n) is 4.36. The minimum atomic E-state index is -0.256. The van der Waals surface area contributed by atoms with Gasteiger partial charge in [-0.2, -0.15) is 0 Å². The number of anilines is 1. The predicted octanol–water partition coefficient (Wildman–Crippen LogP) is 4.14. The fourth-order valence-corrected chi connectivity index (χ4v) is 2.17. The summed E-state index contributed by atoms with van der Waals surface area (Å²) in [6, 6.07) is 10.9. The molecule has 5 heteroatoms. The van der Waals surface area contributed by atoms with E-state index in [4.69, 9.17) is 0 Å². The largest absolute Gasteiger partial charge is 0.381 e. The van der Waals surface area contributed by atoms with Crippen molar-refractivity contribution in [3.63, 3.8) is 0 Å². The van der Waals surface area contributed by atoms with Crippen LogP contribution in [0.3, 0.4) is 0 Å². The fraction of sp³-hybridized carbons (Fsp3) is 0.0667. The smallest absolute Gasteiger partial charge is 0.137 e. The number of halogens is 2. The number of nitrogens with zero attached hydrogens (tertiary/aromatic N) is 2. The maximum absolute atomic E-state index is 13.4. The van der Waals surface area contributed by atoms with Crippen LogP contribution in [0.15, 0.2) is 53.3 Å². The Hall–Kier alpha value is -2.01. The molecule has 0 unspecified atom stereocenters. The molecular formula is C15H11BrFN3. The van der Waals surface area contributed by atoms with Gasteiger partial charge in [-0.15, -0.1) is 0 Å². The van der Waals surface area contributed by atoms with E-state index in [1.807, 2.05) is 24.3 Å². The minimum Gasteiger partial charge on any atom is -0.381 e. The molecule has 1 heterocycles. The summed E-state index contributed by atoms with van der Waals surface area (Å²) in [5, 5.41) is 3.25. The quantitative estimate of drug-likeness (QED) is 0.783. The second-order valence-corrected chi connectivity index (χ2v) is 5.22. The lowest BCUT2D eigenvalue weighted by atomic mass is 10.2. The van der Waals surface area contributed by atoms with E-state index in [0.717, 1.165) is 22.3 Å². The van der Waals surface area contributed by atoms with E-state index in [2.05, 4.69) is 31.2 Å². The molecule has 20 heavy (non-hydrogen) atoms. The number of aromatic nitrogens is 2. The van der Waals surface area contributed by atoms with E-state index in [-0.39, 0.29) is 5.82 Å². The average molecular weight is 332 g/mol. The highest BCUT2D eigenvalue weighted by Crippen LogP contribution is 2.19. The molecule has 0 aliphatic rings. The van der Waals surface area contributed by atoms with Gasteiger partial charge in [0.15, 0.2) is 0 Å². The maximum Gasteiger partial charge on any atom is 0.137 e. The van der Waals surface area contributed by atoms with Crippen LogP contribution in [-0.2, 0) is 6.54 Å². The van der Waals surface area contributed by atoms with Crippen molar-refractivity contribution in [1.29, 1.82) is 0 Å². The lowest BCUT2D eigenvalue weighted by molar-refractivity contribution is 0.619. The van der Waals surface area contributed by atoms with E-state index in [0.29, 0.717) is 11.0 Å². The van der Waals surface area contributed by atoms with Gasteiger partial charge in [0.1, 0.15) is 5.82 Å². The van der Waals surface area contributed by atoms with Crippen molar-refractivity contribution in [2.75, 3.05) is 5.32 Å². The maximum atomic E-state index is 13.4. The Morgan fingerprint density at radius 3 is 2.60 bits per heavy atom. The van der Waals surface area contributed by atoms with Gasteiger partial charge in [-0.3, -0.25) is 9.97 Å². The molecule has 3 aromatic rings. The standard InChI is InChI=1S/C15H11BrFN3/c16-12-3-1-10(7-13(12)17)9-20-11-2-4-14-15(8-11)19-6-5-18-14/h1-8,20H,9H2. The summed E-state index contributed by atoms with van der Waals surface area (Å²) in [7, 11) is 0. The van der Waals surface area contributed by atoms with Gasteiger partial charge in [-0.05, 0) is 51.8 Å². The fourth-order valence-electron chi connectivity index (χ4n) is 1.93. The molecule has 2 aromatic carbocycles. The number of hydrogen-bond acceptors (Lipinski definition) is 3. The second kappa shape index (κ2) is 5.54. The molecule has 3 nitrogen and oxygen atoms in total. The van der Waals surface area contributed by atoms with Gasteiger partial charge in [0, 0.05) is 24.6 Å². The molecule has 0 spiro atoms. The van der Waals surface area contributed by atoms with Gasteiger partial charge in [0.2, 0.25) is 0 Å². The molecule has 0 atom stereocenters. The van der Waals surface area contributed by atoms with Crippen LogP contribution in [0.2, 0.25) is 0 Å².